The molecule has 1 aromatic heterocycles. The summed E-state index contributed by atoms with van der Waals surface area (Å²) in [5.41, 5.74) is 0. The number of hydrogen-bond acceptors (Lipinski definition) is 1. The first-order valence-electron chi connectivity index (χ1n) is 9.36. The molecule has 5 nitrogen and oxygen atoms in total. The van der Waals surface area contributed by atoms with Gasteiger partial charge in [-0.15, -0.1) is 0 Å². The molecule has 0 aliphatic carbocycles. The van der Waals surface area contributed by atoms with E-state index in [1.807, 2.05) is 37.1 Å². The van der Waals surface area contributed by atoms with Crippen LogP contribution in [0.2, 0.25) is 0 Å². The molecule has 27 heavy (non-hydrogen) atoms. The van der Waals surface area contributed by atoms with Crippen LogP contribution < -0.4 is 4.57 Å². The van der Waals surface area contributed by atoms with Crippen LogP contribution >= 0.6 is 7.60 Å². The van der Waals surface area contributed by atoms with Crippen molar-refractivity contribution in [3.8, 4) is 0 Å². The van der Waals surface area contributed by atoms with Gasteiger partial charge in [-0.1, -0.05) is 33.6 Å². The SMILES string of the molecule is CCCCCCn1cc[n+](CCC(CC)(CC)P(=O)(O)O)c1.F[B-](F)(F)F. The molecule has 1 heterocycles. The lowest BCUT2D eigenvalue weighted by molar-refractivity contribution is -0.697. The molecule has 0 saturated carbocycles. The Labute approximate surface area is 159 Å². The number of aromatic nitrogens is 2. The molecule has 11 heteroatoms. The van der Waals surface area contributed by atoms with E-state index >= 15 is 0 Å². The van der Waals surface area contributed by atoms with E-state index in [4.69, 9.17) is 0 Å². The molecule has 1 aromatic rings. The van der Waals surface area contributed by atoms with Crippen LogP contribution in [-0.2, 0) is 17.7 Å². The van der Waals surface area contributed by atoms with Crippen LogP contribution in [0.15, 0.2) is 18.7 Å². The maximum atomic E-state index is 11.8. The molecule has 0 aliphatic heterocycles. The van der Waals surface area contributed by atoms with Crippen LogP contribution in [-0.4, -0.2) is 26.8 Å². The topological polar surface area (TPSA) is 66.3 Å². The normalized spacial score (nSPS) is 12.6. The largest absolute Gasteiger partial charge is 0.673 e. The lowest BCUT2D eigenvalue weighted by atomic mass is 9.98. The molecule has 0 aliphatic rings. The highest BCUT2D eigenvalue weighted by Crippen LogP contribution is 2.56. The van der Waals surface area contributed by atoms with Gasteiger partial charge in [0.25, 0.3) is 0 Å². The Balaban J connectivity index is 0.00000119. The summed E-state index contributed by atoms with van der Waals surface area (Å²) in [7, 11) is -10.1. The molecule has 0 spiro atoms. The summed E-state index contributed by atoms with van der Waals surface area (Å²) in [6.45, 7) is 7.60. The fourth-order valence-electron chi connectivity index (χ4n) is 2.92. The van der Waals surface area contributed by atoms with E-state index in [0.29, 0.717) is 25.8 Å². The Morgan fingerprint density at radius 2 is 1.63 bits per heavy atom. The maximum absolute atomic E-state index is 11.8. The van der Waals surface area contributed by atoms with Crippen molar-refractivity contribution >= 4 is 14.9 Å². The van der Waals surface area contributed by atoms with Crippen LogP contribution in [0, 0.1) is 0 Å². The van der Waals surface area contributed by atoms with Gasteiger partial charge in [0.15, 0.2) is 0 Å². The van der Waals surface area contributed by atoms with Crippen molar-refractivity contribution in [2.24, 2.45) is 0 Å². The summed E-state index contributed by atoms with van der Waals surface area (Å²) in [5.74, 6) is 0. The van der Waals surface area contributed by atoms with Crippen molar-refractivity contribution in [1.82, 2.24) is 4.57 Å². The Morgan fingerprint density at radius 3 is 2.07 bits per heavy atom. The summed E-state index contributed by atoms with van der Waals surface area (Å²) in [6, 6.07) is 0. The summed E-state index contributed by atoms with van der Waals surface area (Å²) in [5, 5.41) is -0.886. The fourth-order valence-corrected chi connectivity index (χ4v) is 4.14. The Kier molecular flexibility index (Phi) is 11.5. The van der Waals surface area contributed by atoms with Gasteiger partial charge in [0.05, 0.1) is 18.2 Å². The summed E-state index contributed by atoms with van der Waals surface area (Å²) in [6.07, 6.45) is 12.6. The Bertz CT molecular complexity index is 568. The van der Waals surface area contributed by atoms with Gasteiger partial charge >= 0.3 is 14.9 Å². The second kappa shape index (κ2) is 11.9. The minimum Gasteiger partial charge on any atom is -0.418 e. The first kappa shape index (κ1) is 26.1. The molecule has 0 amide bonds. The second-order valence-electron chi connectivity index (χ2n) is 6.67. The monoisotopic (exact) mass is 418 g/mol. The zero-order valence-electron chi connectivity index (χ0n) is 16.3. The van der Waals surface area contributed by atoms with Crippen molar-refractivity contribution < 1.29 is 36.2 Å². The maximum Gasteiger partial charge on any atom is 0.673 e. The molecular formula is C16H32BF4N2O3P. The number of nitrogens with zero attached hydrogens (tertiary/aromatic N) is 2. The average Bonchev–Trinajstić information content (AvgIpc) is 2.98. The van der Waals surface area contributed by atoms with E-state index in [1.54, 1.807) is 0 Å². The van der Waals surface area contributed by atoms with Gasteiger partial charge in [0.1, 0.15) is 12.4 Å². The standard InChI is InChI=1S/C16H31N2O3P.BF4/c1-4-7-8-9-11-17-13-14-18(15-17)12-10-16(5-2,6-3)22(19,20)21;2-1(3,4)5/h13-15H,4-12H2,1-3H3,(H-,19,20,21);/q;-1/p+1. The van der Waals surface area contributed by atoms with E-state index in [1.165, 1.54) is 25.7 Å². The molecule has 0 fully saturated rings. The highest BCUT2D eigenvalue weighted by molar-refractivity contribution is 7.53. The van der Waals surface area contributed by atoms with Crippen LogP contribution in [0.5, 0.6) is 0 Å². The minimum absolute atomic E-state index is 0.506. The molecule has 2 N–H and O–H groups in total. The van der Waals surface area contributed by atoms with Gasteiger partial charge in [-0.05, 0) is 25.7 Å². The number of aryl methyl sites for hydroxylation is 2. The zero-order valence-corrected chi connectivity index (χ0v) is 17.2. The van der Waals surface area contributed by atoms with Crippen molar-refractivity contribution in [3.05, 3.63) is 18.7 Å². The van der Waals surface area contributed by atoms with E-state index < -0.39 is 20.0 Å². The van der Waals surface area contributed by atoms with Gasteiger partial charge in [0, 0.05) is 6.42 Å². The number of rotatable bonds is 11. The van der Waals surface area contributed by atoms with Gasteiger partial charge in [-0.2, -0.15) is 0 Å². The average molecular weight is 418 g/mol. The third-order valence-electron chi connectivity index (χ3n) is 4.79. The van der Waals surface area contributed by atoms with E-state index in [9.17, 15) is 31.6 Å². The van der Waals surface area contributed by atoms with Crippen LogP contribution in [0.1, 0.15) is 65.7 Å². The van der Waals surface area contributed by atoms with E-state index in [2.05, 4.69) is 11.5 Å². The summed E-state index contributed by atoms with van der Waals surface area (Å²) >= 11 is 0. The molecule has 0 atom stereocenters. The molecule has 0 radical (unpaired) electrons. The second-order valence-corrected chi connectivity index (χ2v) is 8.71. The first-order chi connectivity index (χ1) is 12.4. The molecule has 1 rings (SSSR count). The number of hydrogen-bond donors (Lipinski definition) is 2. The summed E-state index contributed by atoms with van der Waals surface area (Å²) < 4.78 is 55.0. The van der Waals surface area contributed by atoms with E-state index in [-0.39, 0.29) is 0 Å². The van der Waals surface area contributed by atoms with Gasteiger partial charge in [-0.25, -0.2) is 9.13 Å². The third kappa shape index (κ3) is 10.9. The molecule has 160 valence electrons. The highest BCUT2D eigenvalue weighted by atomic mass is 31.2. The van der Waals surface area contributed by atoms with Crippen LogP contribution in [0.25, 0.3) is 0 Å². The van der Waals surface area contributed by atoms with Gasteiger partial charge in [-0.3, -0.25) is 4.57 Å². The summed E-state index contributed by atoms with van der Waals surface area (Å²) in [4.78, 5) is 19.3. The van der Waals surface area contributed by atoms with Crippen LogP contribution in [0.3, 0.4) is 0 Å². The van der Waals surface area contributed by atoms with Crippen LogP contribution in [0.4, 0.5) is 17.3 Å². The van der Waals surface area contributed by atoms with Crippen molar-refractivity contribution in [1.29, 1.82) is 0 Å². The van der Waals surface area contributed by atoms with Crippen molar-refractivity contribution in [3.63, 3.8) is 0 Å². The van der Waals surface area contributed by atoms with Crippen molar-refractivity contribution in [2.45, 2.75) is 84.0 Å². The minimum atomic E-state index is -6.00. The predicted octanol–water partition coefficient (Wildman–Crippen LogP) is 4.78. The molecule has 0 bridgehead atoms. The molecule has 0 aromatic carbocycles. The lowest BCUT2D eigenvalue weighted by Gasteiger charge is -2.31. The highest BCUT2D eigenvalue weighted by Gasteiger charge is 2.43. The van der Waals surface area contributed by atoms with Gasteiger partial charge < -0.3 is 27.0 Å². The predicted molar refractivity (Wildman–Crippen MR) is 98.9 cm³/mol. The lowest BCUT2D eigenvalue weighted by Crippen LogP contribution is -2.38. The Morgan fingerprint density at radius 1 is 1.07 bits per heavy atom. The first-order valence-corrected chi connectivity index (χ1v) is 11.0. The quantitative estimate of drug-likeness (QED) is 0.179. The third-order valence-corrected chi connectivity index (χ3v) is 6.88. The zero-order chi connectivity index (χ0) is 21.1. The smallest absolute Gasteiger partial charge is 0.418 e. The number of unbranched alkanes of at least 4 members (excludes halogenated alkanes) is 3. The Hall–Kier alpha value is -0.855. The van der Waals surface area contributed by atoms with Gasteiger partial charge in [0.2, 0.25) is 6.33 Å². The van der Waals surface area contributed by atoms with E-state index in [0.717, 1.165) is 6.54 Å². The number of halogens is 4. The molecular weight excluding hydrogens is 386 g/mol. The molecule has 0 unspecified atom stereocenters. The fraction of sp³-hybridized carbons (Fsp3) is 0.812. The van der Waals surface area contributed by atoms with Crippen molar-refractivity contribution in [2.75, 3.05) is 0 Å². The number of imidazole rings is 1. The molecule has 0 saturated heterocycles.